The molecule has 1 N–H and O–H groups in total. The van der Waals surface area contributed by atoms with Crippen LogP contribution >= 0.6 is 0 Å². The molecule has 0 aromatic carbocycles. The number of hydrogen-bond donors (Lipinski definition) is 1. The first-order valence-corrected chi connectivity index (χ1v) is 5.45. The number of hydrogen-bond acceptors (Lipinski definition) is 4. The van der Waals surface area contributed by atoms with Crippen molar-refractivity contribution in [3.63, 3.8) is 0 Å². The van der Waals surface area contributed by atoms with Gasteiger partial charge in [-0.1, -0.05) is 5.16 Å². The molecule has 1 saturated carbocycles. The summed E-state index contributed by atoms with van der Waals surface area (Å²) >= 11 is 0. The second kappa shape index (κ2) is 4.25. The summed E-state index contributed by atoms with van der Waals surface area (Å²) < 4.78 is 4.88. The Kier molecular flexibility index (Phi) is 2.96. The van der Waals surface area contributed by atoms with Gasteiger partial charge in [0.25, 0.3) is 5.91 Å². The molecule has 16 heavy (non-hydrogen) atoms. The molecule has 5 heteroatoms. The Morgan fingerprint density at radius 3 is 2.94 bits per heavy atom. The number of amides is 1. The minimum atomic E-state index is -0.419. The van der Waals surface area contributed by atoms with Crippen LogP contribution in [0.25, 0.3) is 0 Å². The number of carbonyl (C=O) groups excluding carboxylic acids is 1. The van der Waals surface area contributed by atoms with Crippen LogP contribution in [-0.4, -0.2) is 40.8 Å². The minimum Gasteiger partial charge on any atom is -0.391 e. The summed E-state index contributed by atoms with van der Waals surface area (Å²) in [5, 5.41) is 13.4. The maximum absolute atomic E-state index is 11.8. The zero-order valence-corrected chi connectivity index (χ0v) is 9.51. The fourth-order valence-corrected chi connectivity index (χ4v) is 1.65. The normalized spacial score (nSPS) is 17.2. The molecule has 0 radical (unpaired) electrons. The summed E-state index contributed by atoms with van der Waals surface area (Å²) in [6.07, 6.45) is 1.70. The van der Waals surface area contributed by atoms with E-state index >= 15 is 0 Å². The second-order valence-electron chi connectivity index (χ2n) is 4.42. The van der Waals surface area contributed by atoms with Crippen molar-refractivity contribution in [3.8, 4) is 0 Å². The van der Waals surface area contributed by atoms with Crippen LogP contribution in [0.5, 0.6) is 0 Å². The topological polar surface area (TPSA) is 66.6 Å². The van der Waals surface area contributed by atoms with E-state index in [1.807, 2.05) is 0 Å². The summed E-state index contributed by atoms with van der Waals surface area (Å²) in [5.41, 5.74) is 0.680. The van der Waals surface area contributed by atoms with Crippen LogP contribution in [0.3, 0.4) is 0 Å². The van der Waals surface area contributed by atoms with E-state index < -0.39 is 6.10 Å². The van der Waals surface area contributed by atoms with E-state index in [0.29, 0.717) is 18.2 Å². The maximum Gasteiger partial charge on any atom is 0.292 e. The minimum absolute atomic E-state index is 0.225. The van der Waals surface area contributed by atoms with E-state index in [2.05, 4.69) is 5.16 Å². The number of likely N-dealkylation sites (N-methyl/N-ethyl adjacent to an activating group) is 1. The molecule has 1 aliphatic carbocycles. The summed E-state index contributed by atoms with van der Waals surface area (Å²) in [4.78, 5) is 13.3. The molecule has 1 aromatic rings. The summed E-state index contributed by atoms with van der Waals surface area (Å²) in [7, 11) is 1.66. The highest BCUT2D eigenvalue weighted by atomic mass is 16.5. The summed E-state index contributed by atoms with van der Waals surface area (Å²) in [5.74, 6) is 0.356. The van der Waals surface area contributed by atoms with E-state index in [1.54, 1.807) is 20.0 Å². The molecule has 1 amide bonds. The van der Waals surface area contributed by atoms with Crippen LogP contribution in [-0.2, 0) is 0 Å². The number of carbonyl (C=O) groups is 1. The van der Waals surface area contributed by atoms with Gasteiger partial charge >= 0.3 is 0 Å². The number of aryl methyl sites for hydroxylation is 1. The molecule has 0 spiro atoms. The standard InChI is InChI=1S/C11H16N2O3/c1-7-5-10(16-12-7)11(15)13(2)6-9(14)8-3-4-8/h5,8-9,14H,3-4,6H2,1-2H3. The quantitative estimate of drug-likeness (QED) is 0.822. The second-order valence-corrected chi connectivity index (χ2v) is 4.42. The van der Waals surface area contributed by atoms with Gasteiger partial charge in [-0.3, -0.25) is 4.79 Å². The Morgan fingerprint density at radius 2 is 2.44 bits per heavy atom. The van der Waals surface area contributed by atoms with Crippen molar-refractivity contribution < 1.29 is 14.4 Å². The lowest BCUT2D eigenvalue weighted by atomic mass is 10.2. The van der Waals surface area contributed by atoms with Crippen molar-refractivity contribution in [1.29, 1.82) is 0 Å². The van der Waals surface area contributed by atoms with Crippen molar-refractivity contribution in [3.05, 3.63) is 17.5 Å². The molecule has 1 heterocycles. The molecule has 0 saturated heterocycles. The van der Waals surface area contributed by atoms with Gasteiger partial charge in [-0.15, -0.1) is 0 Å². The van der Waals surface area contributed by atoms with Gasteiger partial charge in [0.15, 0.2) is 0 Å². The van der Waals surface area contributed by atoms with E-state index in [0.717, 1.165) is 12.8 Å². The third kappa shape index (κ3) is 2.41. The van der Waals surface area contributed by atoms with Crippen molar-refractivity contribution in [2.45, 2.75) is 25.9 Å². The smallest absolute Gasteiger partial charge is 0.292 e. The van der Waals surface area contributed by atoms with Gasteiger partial charge in [0.05, 0.1) is 11.8 Å². The molecule has 1 fully saturated rings. The van der Waals surface area contributed by atoms with Crippen LogP contribution in [0, 0.1) is 12.8 Å². The van der Waals surface area contributed by atoms with Gasteiger partial charge in [-0.2, -0.15) is 0 Å². The molecule has 88 valence electrons. The fraction of sp³-hybridized carbons (Fsp3) is 0.636. The zero-order chi connectivity index (χ0) is 11.7. The van der Waals surface area contributed by atoms with Crippen LogP contribution in [0.1, 0.15) is 29.1 Å². The van der Waals surface area contributed by atoms with Crippen molar-refractivity contribution >= 4 is 5.91 Å². The average Bonchev–Trinajstić information content (AvgIpc) is 3.00. The monoisotopic (exact) mass is 224 g/mol. The lowest BCUT2D eigenvalue weighted by Crippen LogP contribution is -2.35. The van der Waals surface area contributed by atoms with Crippen LogP contribution in [0.4, 0.5) is 0 Å². The maximum atomic E-state index is 11.8. The Morgan fingerprint density at radius 1 is 1.75 bits per heavy atom. The Hall–Kier alpha value is -1.36. The van der Waals surface area contributed by atoms with Crippen LogP contribution in [0.15, 0.2) is 10.6 Å². The predicted octanol–water partition coefficient (Wildman–Crippen LogP) is 0.826. The van der Waals surface area contributed by atoms with Gasteiger partial charge in [-0.25, -0.2) is 0 Å². The first kappa shape index (κ1) is 11.1. The summed E-state index contributed by atoms with van der Waals surface area (Å²) in [6, 6.07) is 1.60. The summed E-state index contributed by atoms with van der Waals surface area (Å²) in [6.45, 7) is 2.11. The number of nitrogens with zero attached hydrogens (tertiary/aromatic N) is 2. The van der Waals surface area contributed by atoms with Gasteiger partial charge in [0, 0.05) is 19.7 Å². The highest BCUT2D eigenvalue weighted by Crippen LogP contribution is 2.32. The molecule has 1 aliphatic rings. The van der Waals surface area contributed by atoms with Crippen LogP contribution < -0.4 is 0 Å². The average molecular weight is 224 g/mol. The first-order valence-electron chi connectivity index (χ1n) is 5.45. The van der Waals surface area contributed by atoms with Crippen molar-refractivity contribution in [2.75, 3.05) is 13.6 Å². The van der Waals surface area contributed by atoms with Gasteiger partial charge < -0.3 is 14.5 Å². The zero-order valence-electron chi connectivity index (χ0n) is 9.51. The Bertz CT molecular complexity index is 384. The SMILES string of the molecule is Cc1cc(C(=O)N(C)CC(O)C2CC2)on1. The van der Waals surface area contributed by atoms with E-state index in [9.17, 15) is 9.90 Å². The lowest BCUT2D eigenvalue weighted by molar-refractivity contribution is 0.0609. The van der Waals surface area contributed by atoms with Crippen molar-refractivity contribution in [2.24, 2.45) is 5.92 Å². The lowest BCUT2D eigenvalue weighted by Gasteiger charge is -2.19. The molecule has 0 aliphatic heterocycles. The number of rotatable bonds is 4. The fourth-order valence-electron chi connectivity index (χ4n) is 1.65. The molecule has 5 nitrogen and oxygen atoms in total. The molecule has 1 atom stereocenters. The van der Waals surface area contributed by atoms with E-state index in [4.69, 9.17) is 4.52 Å². The molecule has 2 rings (SSSR count). The molecule has 1 aromatic heterocycles. The predicted molar refractivity (Wildman–Crippen MR) is 56.9 cm³/mol. The Balaban J connectivity index is 1.93. The molecule has 1 unspecified atom stereocenters. The first-order chi connectivity index (χ1) is 7.58. The van der Waals surface area contributed by atoms with Gasteiger partial charge in [0.2, 0.25) is 5.76 Å². The third-order valence-electron chi connectivity index (χ3n) is 2.81. The van der Waals surface area contributed by atoms with Gasteiger partial charge in [0.1, 0.15) is 0 Å². The number of aromatic nitrogens is 1. The van der Waals surface area contributed by atoms with E-state index in [-0.39, 0.29) is 11.7 Å². The van der Waals surface area contributed by atoms with Gasteiger partial charge in [-0.05, 0) is 25.7 Å². The third-order valence-corrected chi connectivity index (χ3v) is 2.81. The molecular weight excluding hydrogens is 208 g/mol. The van der Waals surface area contributed by atoms with Crippen LogP contribution in [0.2, 0.25) is 0 Å². The van der Waals surface area contributed by atoms with Crippen molar-refractivity contribution in [1.82, 2.24) is 10.1 Å². The number of aliphatic hydroxyl groups excluding tert-OH is 1. The molecular formula is C11H16N2O3. The molecule has 0 bridgehead atoms. The largest absolute Gasteiger partial charge is 0.391 e. The number of aliphatic hydroxyl groups is 1. The highest BCUT2D eigenvalue weighted by Gasteiger charge is 2.31. The highest BCUT2D eigenvalue weighted by molar-refractivity contribution is 5.91. The van der Waals surface area contributed by atoms with E-state index in [1.165, 1.54) is 4.90 Å². The Labute approximate surface area is 94.0 Å².